The number of hydrogen-bond acceptors (Lipinski definition) is 3. The van der Waals surface area contributed by atoms with Gasteiger partial charge in [-0.2, -0.15) is 0 Å². The molecule has 3 heteroatoms. The van der Waals surface area contributed by atoms with Gasteiger partial charge in [0, 0.05) is 24.3 Å². The lowest BCUT2D eigenvalue weighted by molar-refractivity contribution is 0.218. The molecule has 0 radical (unpaired) electrons. The van der Waals surface area contributed by atoms with Gasteiger partial charge >= 0.3 is 0 Å². The van der Waals surface area contributed by atoms with Crippen molar-refractivity contribution in [1.29, 1.82) is 0 Å². The minimum Gasteiger partial charge on any atom is -0.384 e. The van der Waals surface area contributed by atoms with E-state index in [0.29, 0.717) is 0 Å². The minimum atomic E-state index is 0.809. The lowest BCUT2D eigenvalue weighted by Crippen LogP contribution is -2.13. The molecular formula is C13H21NOS. The zero-order valence-electron chi connectivity index (χ0n) is 10.2. The molecule has 90 valence electrons. The fourth-order valence-corrected chi connectivity index (χ4v) is 2.29. The first kappa shape index (κ1) is 13.6. The van der Waals surface area contributed by atoms with Crippen molar-refractivity contribution < 1.29 is 4.74 Å². The van der Waals surface area contributed by atoms with Gasteiger partial charge in [-0.1, -0.05) is 19.1 Å². The Morgan fingerprint density at radius 2 is 2.25 bits per heavy atom. The van der Waals surface area contributed by atoms with Crippen LogP contribution < -0.4 is 5.32 Å². The Hall–Kier alpha value is -0.510. The summed E-state index contributed by atoms with van der Waals surface area (Å²) < 4.78 is 5.04. The molecular weight excluding hydrogens is 218 g/mol. The first-order chi connectivity index (χ1) is 7.86. The average molecular weight is 239 g/mol. The molecule has 0 amide bonds. The SMILES string of the molecule is CCCNCc1cccc(SCCOC)c1. The Kier molecular flexibility index (Phi) is 7.30. The molecule has 0 spiro atoms. The Morgan fingerprint density at radius 1 is 1.38 bits per heavy atom. The van der Waals surface area contributed by atoms with E-state index in [9.17, 15) is 0 Å². The van der Waals surface area contributed by atoms with E-state index < -0.39 is 0 Å². The number of ether oxygens (including phenoxy) is 1. The van der Waals surface area contributed by atoms with Gasteiger partial charge in [-0.05, 0) is 30.7 Å². The molecule has 0 saturated carbocycles. The maximum atomic E-state index is 5.04. The number of hydrogen-bond donors (Lipinski definition) is 1. The first-order valence-corrected chi connectivity index (χ1v) is 6.76. The quantitative estimate of drug-likeness (QED) is 0.557. The van der Waals surface area contributed by atoms with Crippen molar-refractivity contribution >= 4 is 11.8 Å². The van der Waals surface area contributed by atoms with E-state index in [-0.39, 0.29) is 0 Å². The van der Waals surface area contributed by atoms with Crippen molar-refractivity contribution in [2.24, 2.45) is 0 Å². The number of nitrogens with one attached hydrogen (secondary N) is 1. The molecule has 1 rings (SSSR count). The molecule has 0 bridgehead atoms. The first-order valence-electron chi connectivity index (χ1n) is 5.78. The zero-order chi connectivity index (χ0) is 11.6. The highest BCUT2D eigenvalue weighted by molar-refractivity contribution is 7.99. The van der Waals surface area contributed by atoms with E-state index >= 15 is 0 Å². The number of thioether (sulfide) groups is 1. The average Bonchev–Trinajstić information content (AvgIpc) is 2.30. The van der Waals surface area contributed by atoms with Crippen LogP contribution in [0, 0.1) is 0 Å². The molecule has 1 N–H and O–H groups in total. The number of methoxy groups -OCH3 is 1. The van der Waals surface area contributed by atoms with Gasteiger partial charge in [0.05, 0.1) is 6.61 Å². The Morgan fingerprint density at radius 3 is 3.00 bits per heavy atom. The third-order valence-electron chi connectivity index (χ3n) is 2.21. The Labute approximate surface area is 103 Å². The second kappa shape index (κ2) is 8.62. The van der Waals surface area contributed by atoms with E-state index in [4.69, 9.17) is 4.74 Å². The minimum absolute atomic E-state index is 0.809. The highest BCUT2D eigenvalue weighted by Gasteiger charge is 1.96. The summed E-state index contributed by atoms with van der Waals surface area (Å²) in [5.41, 5.74) is 1.36. The van der Waals surface area contributed by atoms with E-state index in [2.05, 4.69) is 36.5 Å². The molecule has 0 unspecified atom stereocenters. The molecule has 0 saturated heterocycles. The third kappa shape index (κ3) is 5.54. The second-order valence-corrected chi connectivity index (χ2v) is 4.83. The fraction of sp³-hybridized carbons (Fsp3) is 0.538. The topological polar surface area (TPSA) is 21.3 Å². The Balaban J connectivity index is 2.37. The normalized spacial score (nSPS) is 10.6. The van der Waals surface area contributed by atoms with Gasteiger partial charge in [-0.15, -0.1) is 11.8 Å². The van der Waals surface area contributed by atoms with Crippen LogP contribution in [0.5, 0.6) is 0 Å². The molecule has 16 heavy (non-hydrogen) atoms. The van der Waals surface area contributed by atoms with E-state index in [1.54, 1.807) is 7.11 Å². The van der Waals surface area contributed by atoms with Gasteiger partial charge in [0.25, 0.3) is 0 Å². The van der Waals surface area contributed by atoms with Crippen LogP contribution in [0.15, 0.2) is 29.2 Å². The smallest absolute Gasteiger partial charge is 0.0556 e. The number of rotatable bonds is 8. The fourth-order valence-electron chi connectivity index (χ4n) is 1.40. The van der Waals surface area contributed by atoms with Crippen molar-refractivity contribution in [2.45, 2.75) is 24.8 Å². The van der Waals surface area contributed by atoms with Gasteiger partial charge in [0.1, 0.15) is 0 Å². The lowest BCUT2D eigenvalue weighted by atomic mass is 10.2. The molecule has 0 aliphatic carbocycles. The molecule has 1 aromatic carbocycles. The molecule has 0 heterocycles. The standard InChI is InChI=1S/C13H21NOS/c1-3-7-14-11-12-5-4-6-13(10-12)16-9-8-15-2/h4-6,10,14H,3,7-9,11H2,1-2H3. The molecule has 0 fully saturated rings. The van der Waals surface area contributed by atoms with Gasteiger partial charge in [-0.3, -0.25) is 0 Å². The summed E-state index contributed by atoms with van der Waals surface area (Å²) in [7, 11) is 1.74. The predicted molar refractivity (Wildman–Crippen MR) is 71.0 cm³/mol. The summed E-state index contributed by atoms with van der Waals surface area (Å²) in [6.45, 7) is 5.04. The van der Waals surface area contributed by atoms with Crippen LogP contribution in [0.4, 0.5) is 0 Å². The summed E-state index contributed by atoms with van der Waals surface area (Å²) >= 11 is 1.85. The highest BCUT2D eigenvalue weighted by Crippen LogP contribution is 2.18. The largest absolute Gasteiger partial charge is 0.384 e. The monoisotopic (exact) mass is 239 g/mol. The molecule has 2 nitrogen and oxygen atoms in total. The summed E-state index contributed by atoms with van der Waals surface area (Å²) in [6.07, 6.45) is 1.18. The van der Waals surface area contributed by atoms with E-state index in [1.165, 1.54) is 16.9 Å². The maximum absolute atomic E-state index is 5.04. The van der Waals surface area contributed by atoms with Crippen LogP contribution >= 0.6 is 11.8 Å². The van der Waals surface area contributed by atoms with Gasteiger partial charge < -0.3 is 10.1 Å². The van der Waals surface area contributed by atoms with E-state index in [1.807, 2.05) is 11.8 Å². The van der Waals surface area contributed by atoms with Crippen LogP contribution in [-0.2, 0) is 11.3 Å². The van der Waals surface area contributed by atoms with Crippen LogP contribution in [0.1, 0.15) is 18.9 Å². The lowest BCUT2D eigenvalue weighted by Gasteiger charge is -2.06. The van der Waals surface area contributed by atoms with Crippen LogP contribution in [0.2, 0.25) is 0 Å². The molecule has 0 aliphatic rings. The molecule has 1 aromatic rings. The van der Waals surface area contributed by atoms with Gasteiger partial charge in [0.2, 0.25) is 0 Å². The third-order valence-corrected chi connectivity index (χ3v) is 3.17. The summed E-state index contributed by atoms with van der Waals surface area (Å²) in [6, 6.07) is 8.70. The van der Waals surface area contributed by atoms with Crippen LogP contribution in [-0.4, -0.2) is 26.0 Å². The van der Waals surface area contributed by atoms with Crippen molar-refractivity contribution in [3.05, 3.63) is 29.8 Å². The summed E-state index contributed by atoms with van der Waals surface area (Å²) in [5, 5.41) is 3.41. The van der Waals surface area contributed by atoms with Crippen LogP contribution in [0.25, 0.3) is 0 Å². The van der Waals surface area contributed by atoms with Gasteiger partial charge in [0.15, 0.2) is 0 Å². The maximum Gasteiger partial charge on any atom is 0.0556 e. The van der Waals surface area contributed by atoms with Crippen molar-refractivity contribution in [3.63, 3.8) is 0 Å². The highest BCUT2D eigenvalue weighted by atomic mass is 32.2. The van der Waals surface area contributed by atoms with E-state index in [0.717, 1.165) is 25.4 Å². The molecule has 0 atom stereocenters. The summed E-state index contributed by atoms with van der Waals surface area (Å²) in [5.74, 6) is 1.02. The van der Waals surface area contributed by atoms with Crippen molar-refractivity contribution in [3.8, 4) is 0 Å². The van der Waals surface area contributed by atoms with Crippen LogP contribution in [0.3, 0.4) is 0 Å². The van der Waals surface area contributed by atoms with Crippen molar-refractivity contribution in [2.75, 3.05) is 26.0 Å². The van der Waals surface area contributed by atoms with Gasteiger partial charge in [-0.25, -0.2) is 0 Å². The summed E-state index contributed by atoms with van der Waals surface area (Å²) in [4.78, 5) is 1.33. The zero-order valence-corrected chi connectivity index (χ0v) is 11.0. The number of benzene rings is 1. The van der Waals surface area contributed by atoms with Crippen molar-refractivity contribution in [1.82, 2.24) is 5.32 Å². The Bertz CT molecular complexity index is 266. The predicted octanol–water partition coefficient (Wildman–Crippen LogP) is 2.92. The molecule has 0 aromatic heterocycles. The molecule has 0 aliphatic heterocycles. The second-order valence-electron chi connectivity index (χ2n) is 3.67.